The zero-order valence-electron chi connectivity index (χ0n) is 15.4. The van der Waals surface area contributed by atoms with Crippen LogP contribution in [0.15, 0.2) is 36.7 Å². The third kappa shape index (κ3) is 4.23. The van der Waals surface area contributed by atoms with Gasteiger partial charge in [-0.25, -0.2) is 18.1 Å². The number of benzene rings is 1. The van der Waals surface area contributed by atoms with Crippen LogP contribution >= 0.6 is 0 Å². The number of aliphatic hydroxyl groups excluding tert-OH is 1. The van der Waals surface area contributed by atoms with Gasteiger partial charge in [-0.3, -0.25) is 4.72 Å². The number of sulfonamides is 1. The molecule has 1 fully saturated rings. The van der Waals surface area contributed by atoms with Gasteiger partial charge in [0.05, 0.1) is 29.8 Å². The highest BCUT2D eigenvalue weighted by Gasteiger charge is 2.20. The zero-order valence-corrected chi connectivity index (χ0v) is 16.2. The first-order chi connectivity index (χ1) is 13.4. The van der Waals surface area contributed by atoms with Gasteiger partial charge >= 0.3 is 0 Å². The Morgan fingerprint density at radius 3 is 2.71 bits per heavy atom. The van der Waals surface area contributed by atoms with E-state index in [2.05, 4.69) is 25.1 Å². The second-order valence-electron chi connectivity index (χ2n) is 7.09. The Balaban J connectivity index is 1.61. The van der Waals surface area contributed by atoms with Gasteiger partial charge in [-0.15, -0.1) is 0 Å². The highest BCUT2D eigenvalue weighted by Crippen LogP contribution is 2.23. The lowest BCUT2D eigenvalue weighted by Crippen LogP contribution is -2.29. The van der Waals surface area contributed by atoms with Crippen molar-refractivity contribution < 1.29 is 13.5 Å². The number of hydrogen-bond donors (Lipinski definition) is 3. The maximum absolute atomic E-state index is 11.5. The van der Waals surface area contributed by atoms with Crippen LogP contribution in [0.3, 0.4) is 0 Å². The zero-order chi connectivity index (χ0) is 19.7. The lowest BCUT2D eigenvalue weighted by atomic mass is 9.93. The SMILES string of the molecule is CS(=O)(=O)Nc1ccc2cnn(-c3ccnc(N[C@H]4CC[C@H](O)CC4)n3)c2c1. The van der Waals surface area contributed by atoms with Gasteiger partial charge in [0.1, 0.15) is 0 Å². The molecule has 0 atom stereocenters. The molecule has 0 unspecified atom stereocenters. The van der Waals surface area contributed by atoms with E-state index in [0.29, 0.717) is 17.5 Å². The molecule has 0 bridgehead atoms. The molecular formula is C18H22N6O3S. The topological polar surface area (TPSA) is 122 Å². The number of fused-ring (bicyclic) bond motifs is 1. The van der Waals surface area contributed by atoms with Gasteiger partial charge in [0, 0.05) is 23.7 Å². The fourth-order valence-corrected chi connectivity index (χ4v) is 3.97. The van der Waals surface area contributed by atoms with Crippen LogP contribution in [0.5, 0.6) is 0 Å². The highest BCUT2D eigenvalue weighted by atomic mass is 32.2. The van der Waals surface area contributed by atoms with E-state index in [1.54, 1.807) is 41.3 Å². The smallest absolute Gasteiger partial charge is 0.229 e. The summed E-state index contributed by atoms with van der Waals surface area (Å²) in [7, 11) is -3.37. The fourth-order valence-electron chi connectivity index (χ4n) is 3.42. The van der Waals surface area contributed by atoms with Crippen molar-refractivity contribution in [3.05, 3.63) is 36.7 Å². The average molecular weight is 402 g/mol. The largest absolute Gasteiger partial charge is 0.393 e. The standard InChI is InChI=1S/C18H22N6O3S/c1-28(26,27)23-14-3-2-12-11-20-24(16(12)10-14)17-8-9-19-18(22-17)21-13-4-6-15(25)7-5-13/h2-3,8-11,13,15,23,25H,4-7H2,1H3,(H,19,21,22)/t13-,15-. The summed E-state index contributed by atoms with van der Waals surface area (Å²) in [5, 5.41) is 18.2. The van der Waals surface area contributed by atoms with Crippen LogP contribution in [0, 0.1) is 0 Å². The summed E-state index contributed by atoms with van der Waals surface area (Å²) in [6, 6.07) is 7.21. The molecular weight excluding hydrogens is 380 g/mol. The van der Waals surface area contributed by atoms with Crippen molar-refractivity contribution in [3.63, 3.8) is 0 Å². The Morgan fingerprint density at radius 2 is 1.96 bits per heavy atom. The quantitative estimate of drug-likeness (QED) is 0.596. The van der Waals surface area contributed by atoms with Crippen LogP contribution < -0.4 is 10.0 Å². The van der Waals surface area contributed by atoms with Gasteiger partial charge in [0.25, 0.3) is 0 Å². The van der Waals surface area contributed by atoms with Crippen LogP contribution in [0.2, 0.25) is 0 Å². The van der Waals surface area contributed by atoms with Crippen molar-refractivity contribution in [2.24, 2.45) is 0 Å². The van der Waals surface area contributed by atoms with E-state index in [9.17, 15) is 13.5 Å². The van der Waals surface area contributed by atoms with E-state index >= 15 is 0 Å². The van der Waals surface area contributed by atoms with Crippen LogP contribution in [0.4, 0.5) is 11.6 Å². The second-order valence-corrected chi connectivity index (χ2v) is 8.84. The van der Waals surface area contributed by atoms with E-state index in [1.807, 2.05) is 0 Å². The lowest BCUT2D eigenvalue weighted by Gasteiger charge is -2.26. The fraction of sp³-hybridized carbons (Fsp3) is 0.389. The van der Waals surface area contributed by atoms with Crippen molar-refractivity contribution in [3.8, 4) is 5.82 Å². The average Bonchev–Trinajstić information content (AvgIpc) is 3.06. The first-order valence-electron chi connectivity index (χ1n) is 9.11. The maximum Gasteiger partial charge on any atom is 0.229 e. The van der Waals surface area contributed by atoms with E-state index < -0.39 is 10.0 Å². The number of hydrogen-bond acceptors (Lipinski definition) is 7. The Morgan fingerprint density at radius 1 is 1.18 bits per heavy atom. The molecule has 10 heteroatoms. The van der Waals surface area contributed by atoms with Crippen molar-refractivity contribution >= 4 is 32.6 Å². The second kappa shape index (κ2) is 7.36. The first kappa shape index (κ1) is 18.6. The van der Waals surface area contributed by atoms with Crippen molar-refractivity contribution in [1.82, 2.24) is 19.7 Å². The molecule has 3 N–H and O–H groups in total. The third-order valence-corrected chi connectivity index (χ3v) is 5.37. The van der Waals surface area contributed by atoms with Crippen molar-refractivity contribution in [2.75, 3.05) is 16.3 Å². The number of aliphatic hydroxyl groups is 1. The highest BCUT2D eigenvalue weighted by molar-refractivity contribution is 7.92. The number of aromatic nitrogens is 4. The van der Waals surface area contributed by atoms with Gasteiger partial charge in [-0.05, 0) is 43.9 Å². The molecule has 1 aromatic carbocycles. The molecule has 2 aromatic heterocycles. The Kier molecular flexibility index (Phi) is 4.90. The number of nitrogens with one attached hydrogen (secondary N) is 2. The molecule has 1 saturated carbocycles. The molecule has 0 radical (unpaired) electrons. The molecule has 0 aliphatic heterocycles. The predicted octanol–water partition coefficient (Wildman–Crippen LogP) is 1.90. The minimum atomic E-state index is -3.37. The third-order valence-electron chi connectivity index (χ3n) is 4.76. The van der Waals surface area contributed by atoms with E-state index in [4.69, 9.17) is 0 Å². The summed E-state index contributed by atoms with van der Waals surface area (Å²) in [4.78, 5) is 8.85. The van der Waals surface area contributed by atoms with Crippen LogP contribution in [-0.2, 0) is 10.0 Å². The van der Waals surface area contributed by atoms with E-state index in [-0.39, 0.29) is 12.1 Å². The van der Waals surface area contributed by atoms with E-state index in [0.717, 1.165) is 42.8 Å². The molecule has 0 amide bonds. The van der Waals surface area contributed by atoms with Gasteiger partial charge < -0.3 is 10.4 Å². The monoisotopic (exact) mass is 402 g/mol. The minimum Gasteiger partial charge on any atom is -0.393 e. The van der Waals surface area contributed by atoms with Crippen molar-refractivity contribution in [1.29, 1.82) is 0 Å². The number of rotatable bonds is 5. The predicted molar refractivity (Wildman–Crippen MR) is 107 cm³/mol. The molecule has 1 aliphatic carbocycles. The summed E-state index contributed by atoms with van der Waals surface area (Å²) in [6.07, 6.45) is 7.57. The minimum absolute atomic E-state index is 0.213. The van der Waals surface area contributed by atoms with Gasteiger partial charge in [0.15, 0.2) is 5.82 Å². The summed E-state index contributed by atoms with van der Waals surface area (Å²) in [5.41, 5.74) is 1.20. The molecule has 2 heterocycles. The molecule has 1 aliphatic rings. The van der Waals surface area contributed by atoms with Gasteiger partial charge in [0.2, 0.25) is 16.0 Å². The Hall–Kier alpha value is -2.72. The molecule has 148 valence electrons. The molecule has 3 aromatic rings. The molecule has 4 rings (SSSR count). The summed E-state index contributed by atoms with van der Waals surface area (Å²) in [6.45, 7) is 0. The molecule has 0 spiro atoms. The van der Waals surface area contributed by atoms with Gasteiger partial charge in [-0.1, -0.05) is 0 Å². The first-order valence-corrected chi connectivity index (χ1v) is 11.0. The van der Waals surface area contributed by atoms with Crippen LogP contribution in [0.1, 0.15) is 25.7 Å². The normalized spacial score (nSPS) is 20.2. The number of anilines is 2. The Bertz CT molecular complexity index is 1090. The van der Waals surface area contributed by atoms with Gasteiger partial charge in [-0.2, -0.15) is 10.1 Å². The number of nitrogens with zero attached hydrogens (tertiary/aromatic N) is 4. The molecule has 9 nitrogen and oxygen atoms in total. The summed E-state index contributed by atoms with van der Waals surface area (Å²) < 4.78 is 27.1. The Labute approximate surface area is 162 Å². The van der Waals surface area contributed by atoms with Crippen LogP contribution in [-0.4, -0.2) is 51.7 Å². The molecule has 0 saturated heterocycles. The van der Waals surface area contributed by atoms with Crippen molar-refractivity contribution in [2.45, 2.75) is 37.8 Å². The summed E-state index contributed by atoms with van der Waals surface area (Å²) >= 11 is 0. The summed E-state index contributed by atoms with van der Waals surface area (Å²) in [5.74, 6) is 1.09. The van der Waals surface area contributed by atoms with Crippen LogP contribution in [0.25, 0.3) is 16.7 Å². The molecule has 28 heavy (non-hydrogen) atoms. The lowest BCUT2D eigenvalue weighted by molar-refractivity contribution is 0.126. The van der Waals surface area contributed by atoms with E-state index in [1.165, 1.54) is 0 Å². The maximum atomic E-state index is 11.5.